The van der Waals surface area contributed by atoms with Gasteiger partial charge in [-0.15, -0.1) is 0 Å². The summed E-state index contributed by atoms with van der Waals surface area (Å²) in [6.07, 6.45) is 0. The van der Waals surface area contributed by atoms with Crippen molar-refractivity contribution in [2.45, 2.75) is 6.92 Å². The fourth-order valence-electron chi connectivity index (χ4n) is 1.86. The van der Waals surface area contributed by atoms with Crippen LogP contribution >= 0.6 is 11.6 Å². The van der Waals surface area contributed by atoms with Crippen LogP contribution in [0.5, 0.6) is 5.75 Å². The standard InChI is InChI=1S/C16H17ClN2O2/c1-11-4-2-7-14(15(11)17)16(20)19-12-5-3-6-13(10-12)21-9-8-18/h2-7,10H,8-9,18H2,1H3,(H,19,20). The second kappa shape index (κ2) is 7.11. The minimum absolute atomic E-state index is 0.250. The van der Waals surface area contributed by atoms with Crippen molar-refractivity contribution in [3.05, 3.63) is 58.6 Å². The predicted octanol–water partition coefficient (Wildman–Crippen LogP) is 3.24. The van der Waals surface area contributed by atoms with E-state index in [0.717, 1.165) is 5.56 Å². The van der Waals surface area contributed by atoms with Gasteiger partial charge in [-0.25, -0.2) is 0 Å². The van der Waals surface area contributed by atoms with Crippen molar-refractivity contribution in [1.82, 2.24) is 0 Å². The Bertz CT molecular complexity index is 644. The lowest BCUT2D eigenvalue weighted by Gasteiger charge is -2.10. The number of hydrogen-bond acceptors (Lipinski definition) is 3. The molecule has 0 fully saturated rings. The molecule has 0 radical (unpaired) electrons. The predicted molar refractivity (Wildman–Crippen MR) is 85.1 cm³/mol. The van der Waals surface area contributed by atoms with Crippen LogP contribution in [0.4, 0.5) is 5.69 Å². The van der Waals surface area contributed by atoms with E-state index in [2.05, 4.69) is 5.32 Å². The number of amides is 1. The first-order valence-corrected chi connectivity index (χ1v) is 6.99. The molecule has 0 bridgehead atoms. The molecule has 21 heavy (non-hydrogen) atoms. The van der Waals surface area contributed by atoms with Gasteiger partial charge in [-0.3, -0.25) is 4.79 Å². The van der Waals surface area contributed by atoms with Crippen LogP contribution in [-0.4, -0.2) is 19.1 Å². The summed E-state index contributed by atoms with van der Waals surface area (Å²) in [6, 6.07) is 12.5. The van der Waals surface area contributed by atoms with E-state index in [4.69, 9.17) is 22.1 Å². The van der Waals surface area contributed by atoms with Gasteiger partial charge in [-0.05, 0) is 30.7 Å². The maximum Gasteiger partial charge on any atom is 0.257 e. The van der Waals surface area contributed by atoms with Crippen LogP contribution in [0.3, 0.4) is 0 Å². The number of hydrogen-bond donors (Lipinski definition) is 2. The van der Waals surface area contributed by atoms with Crippen LogP contribution in [0, 0.1) is 6.92 Å². The van der Waals surface area contributed by atoms with Gasteiger partial charge in [0, 0.05) is 18.3 Å². The molecule has 0 saturated heterocycles. The van der Waals surface area contributed by atoms with Crippen LogP contribution in [0.2, 0.25) is 5.02 Å². The highest BCUT2D eigenvalue weighted by Gasteiger charge is 2.12. The molecule has 0 unspecified atom stereocenters. The number of benzene rings is 2. The van der Waals surface area contributed by atoms with Gasteiger partial charge < -0.3 is 15.8 Å². The number of carbonyl (C=O) groups is 1. The molecule has 0 aliphatic carbocycles. The zero-order valence-electron chi connectivity index (χ0n) is 11.7. The molecule has 5 heteroatoms. The van der Waals surface area contributed by atoms with Gasteiger partial charge in [0.2, 0.25) is 0 Å². The molecule has 2 rings (SSSR count). The molecule has 0 heterocycles. The molecule has 2 aromatic carbocycles. The number of anilines is 1. The number of halogens is 1. The highest BCUT2D eigenvalue weighted by atomic mass is 35.5. The van der Waals surface area contributed by atoms with Crippen LogP contribution in [0.1, 0.15) is 15.9 Å². The van der Waals surface area contributed by atoms with Crippen molar-refractivity contribution >= 4 is 23.2 Å². The van der Waals surface area contributed by atoms with E-state index in [1.165, 1.54) is 0 Å². The summed E-state index contributed by atoms with van der Waals surface area (Å²) in [7, 11) is 0. The van der Waals surface area contributed by atoms with E-state index in [0.29, 0.717) is 35.2 Å². The molecule has 0 atom stereocenters. The largest absolute Gasteiger partial charge is 0.492 e. The number of nitrogens with two attached hydrogens (primary N) is 1. The van der Waals surface area contributed by atoms with E-state index >= 15 is 0 Å². The number of aryl methyl sites for hydroxylation is 1. The van der Waals surface area contributed by atoms with E-state index in [1.54, 1.807) is 30.3 Å². The third-order valence-corrected chi connectivity index (χ3v) is 3.42. The molecular weight excluding hydrogens is 288 g/mol. The van der Waals surface area contributed by atoms with Crippen LogP contribution < -0.4 is 15.8 Å². The minimum Gasteiger partial charge on any atom is -0.492 e. The van der Waals surface area contributed by atoms with Gasteiger partial charge in [0.15, 0.2) is 0 Å². The molecule has 0 aliphatic heterocycles. The highest BCUT2D eigenvalue weighted by molar-refractivity contribution is 6.35. The summed E-state index contributed by atoms with van der Waals surface area (Å²) in [4.78, 5) is 12.3. The molecule has 3 N–H and O–H groups in total. The molecule has 4 nitrogen and oxygen atoms in total. The van der Waals surface area contributed by atoms with Gasteiger partial charge in [0.05, 0.1) is 10.6 Å². The van der Waals surface area contributed by atoms with Crippen molar-refractivity contribution in [2.24, 2.45) is 5.73 Å². The van der Waals surface area contributed by atoms with Crippen LogP contribution in [-0.2, 0) is 0 Å². The van der Waals surface area contributed by atoms with E-state index < -0.39 is 0 Å². The number of nitrogens with one attached hydrogen (secondary N) is 1. The lowest BCUT2D eigenvalue weighted by Crippen LogP contribution is -2.13. The molecule has 1 amide bonds. The van der Waals surface area contributed by atoms with Gasteiger partial charge in [-0.1, -0.05) is 29.8 Å². The lowest BCUT2D eigenvalue weighted by atomic mass is 10.1. The maximum absolute atomic E-state index is 12.3. The first-order valence-electron chi connectivity index (χ1n) is 6.61. The summed E-state index contributed by atoms with van der Waals surface area (Å²) in [5.74, 6) is 0.410. The quantitative estimate of drug-likeness (QED) is 0.891. The lowest BCUT2D eigenvalue weighted by molar-refractivity contribution is 0.102. The Morgan fingerprint density at radius 3 is 2.81 bits per heavy atom. The summed E-state index contributed by atoms with van der Waals surface area (Å²) in [6.45, 7) is 2.73. The fraction of sp³-hybridized carbons (Fsp3) is 0.188. The first-order chi connectivity index (χ1) is 10.1. The second-order valence-corrected chi connectivity index (χ2v) is 4.93. The van der Waals surface area contributed by atoms with Crippen molar-refractivity contribution in [3.63, 3.8) is 0 Å². The first kappa shape index (κ1) is 15.4. The summed E-state index contributed by atoms with van der Waals surface area (Å²) >= 11 is 6.15. The van der Waals surface area contributed by atoms with Crippen LogP contribution in [0.15, 0.2) is 42.5 Å². The molecule has 110 valence electrons. The average molecular weight is 305 g/mol. The van der Waals surface area contributed by atoms with E-state index in [1.807, 2.05) is 19.1 Å². The van der Waals surface area contributed by atoms with Crippen molar-refractivity contribution in [1.29, 1.82) is 0 Å². The molecule has 0 saturated carbocycles. The van der Waals surface area contributed by atoms with Crippen molar-refractivity contribution < 1.29 is 9.53 Å². The Morgan fingerprint density at radius 2 is 2.05 bits per heavy atom. The summed E-state index contributed by atoms with van der Waals surface area (Å²) in [5, 5.41) is 3.27. The third kappa shape index (κ3) is 3.97. The second-order valence-electron chi connectivity index (χ2n) is 4.56. The molecule has 2 aromatic rings. The molecular formula is C16H17ClN2O2. The number of carbonyl (C=O) groups excluding carboxylic acids is 1. The van der Waals surface area contributed by atoms with Gasteiger partial charge >= 0.3 is 0 Å². The SMILES string of the molecule is Cc1cccc(C(=O)Nc2cccc(OCCN)c2)c1Cl. The maximum atomic E-state index is 12.3. The highest BCUT2D eigenvalue weighted by Crippen LogP contribution is 2.23. The van der Waals surface area contributed by atoms with Crippen molar-refractivity contribution in [3.8, 4) is 5.75 Å². The zero-order chi connectivity index (χ0) is 15.2. The Morgan fingerprint density at radius 1 is 1.29 bits per heavy atom. The topological polar surface area (TPSA) is 64.3 Å². The molecule has 0 spiro atoms. The normalized spacial score (nSPS) is 10.2. The monoisotopic (exact) mass is 304 g/mol. The third-order valence-electron chi connectivity index (χ3n) is 2.91. The Balaban J connectivity index is 2.14. The smallest absolute Gasteiger partial charge is 0.257 e. The van der Waals surface area contributed by atoms with E-state index in [-0.39, 0.29) is 5.91 Å². The summed E-state index contributed by atoms with van der Waals surface area (Å²) < 4.78 is 5.42. The average Bonchev–Trinajstić information content (AvgIpc) is 2.48. The Hall–Kier alpha value is -2.04. The summed E-state index contributed by atoms with van der Waals surface area (Å²) in [5.41, 5.74) is 7.35. The molecule has 0 aromatic heterocycles. The number of ether oxygens (including phenoxy) is 1. The Labute approximate surface area is 128 Å². The Kier molecular flexibility index (Phi) is 5.20. The van der Waals surface area contributed by atoms with Crippen molar-refractivity contribution in [2.75, 3.05) is 18.5 Å². The van der Waals surface area contributed by atoms with Gasteiger partial charge in [0.25, 0.3) is 5.91 Å². The fourth-order valence-corrected chi connectivity index (χ4v) is 2.07. The minimum atomic E-state index is -0.250. The van der Waals surface area contributed by atoms with Crippen LogP contribution in [0.25, 0.3) is 0 Å². The molecule has 0 aliphatic rings. The number of rotatable bonds is 5. The van der Waals surface area contributed by atoms with Gasteiger partial charge in [-0.2, -0.15) is 0 Å². The van der Waals surface area contributed by atoms with Gasteiger partial charge in [0.1, 0.15) is 12.4 Å². The van der Waals surface area contributed by atoms with E-state index in [9.17, 15) is 4.79 Å². The zero-order valence-corrected chi connectivity index (χ0v) is 12.5.